The zero-order chi connectivity index (χ0) is 18.5. The topological polar surface area (TPSA) is 85.3 Å². The molecule has 1 aliphatic heterocycles. The molecule has 0 fully saturated rings. The predicted octanol–water partition coefficient (Wildman–Crippen LogP) is 2.46. The summed E-state index contributed by atoms with van der Waals surface area (Å²) in [5.74, 6) is 2.64. The molecule has 0 saturated heterocycles. The fourth-order valence-electron chi connectivity index (χ4n) is 2.74. The van der Waals surface area contributed by atoms with Gasteiger partial charge in [0.1, 0.15) is 13.2 Å². The average Bonchev–Trinajstić information content (AvgIpc) is 2.73. The summed E-state index contributed by atoms with van der Waals surface area (Å²) in [6, 6.07) is 9.67. The van der Waals surface area contributed by atoms with Crippen molar-refractivity contribution in [3.05, 3.63) is 54.5 Å². The fourth-order valence-corrected chi connectivity index (χ4v) is 2.74. The van der Waals surface area contributed by atoms with Gasteiger partial charge in [0.25, 0.3) is 0 Å². The lowest BCUT2D eigenvalue weighted by molar-refractivity contribution is 0.171. The third kappa shape index (κ3) is 4.22. The second kappa shape index (κ2) is 7.86. The molecule has 2 aromatic heterocycles. The van der Waals surface area contributed by atoms with Crippen LogP contribution in [0.4, 0.5) is 17.5 Å². The highest BCUT2D eigenvalue weighted by atomic mass is 16.6. The number of likely N-dealkylation sites (N-methyl/N-ethyl adjacent to an activating group) is 1. The molecule has 0 aliphatic carbocycles. The standard InChI is InChI=1S/C19H20N6O2/c1-25(9-6-14-4-7-20-8-5-14)18-13-21-24-19(23-18)22-15-2-3-16-17(12-15)27-11-10-26-16/h2-5,7-8,12-13H,6,9-11H2,1H3,(H,22,23,24). The van der Waals surface area contributed by atoms with E-state index >= 15 is 0 Å². The van der Waals surface area contributed by atoms with Crippen LogP contribution in [0.3, 0.4) is 0 Å². The van der Waals surface area contributed by atoms with Crippen molar-refractivity contribution in [2.45, 2.75) is 6.42 Å². The van der Waals surface area contributed by atoms with E-state index in [1.165, 1.54) is 5.56 Å². The van der Waals surface area contributed by atoms with Crippen molar-refractivity contribution in [1.29, 1.82) is 0 Å². The quantitative estimate of drug-likeness (QED) is 0.714. The molecule has 27 heavy (non-hydrogen) atoms. The Morgan fingerprint density at radius 1 is 1.07 bits per heavy atom. The van der Waals surface area contributed by atoms with Crippen LogP contribution in [0, 0.1) is 0 Å². The summed E-state index contributed by atoms with van der Waals surface area (Å²) in [4.78, 5) is 10.6. The molecule has 8 heteroatoms. The molecule has 0 atom stereocenters. The maximum atomic E-state index is 5.60. The SMILES string of the molecule is CN(CCc1ccncc1)c1cnnc(Nc2ccc3c(c2)OCCO3)n1. The van der Waals surface area contributed by atoms with Crippen LogP contribution >= 0.6 is 0 Å². The van der Waals surface area contributed by atoms with Gasteiger partial charge in [0.15, 0.2) is 17.3 Å². The fraction of sp³-hybridized carbons (Fsp3) is 0.263. The number of hydrogen-bond donors (Lipinski definition) is 1. The molecular weight excluding hydrogens is 344 g/mol. The van der Waals surface area contributed by atoms with Gasteiger partial charge in [-0.25, -0.2) is 0 Å². The van der Waals surface area contributed by atoms with Gasteiger partial charge in [0, 0.05) is 37.7 Å². The van der Waals surface area contributed by atoms with E-state index in [0.29, 0.717) is 24.9 Å². The Kier molecular flexibility index (Phi) is 4.95. The molecule has 3 aromatic rings. The van der Waals surface area contributed by atoms with Gasteiger partial charge >= 0.3 is 0 Å². The lowest BCUT2D eigenvalue weighted by Gasteiger charge is -2.19. The number of nitrogens with one attached hydrogen (secondary N) is 1. The molecule has 4 rings (SSSR count). The first-order valence-electron chi connectivity index (χ1n) is 8.74. The molecule has 0 bridgehead atoms. The summed E-state index contributed by atoms with van der Waals surface area (Å²) < 4.78 is 11.1. The third-order valence-corrected chi connectivity index (χ3v) is 4.22. The van der Waals surface area contributed by atoms with Crippen LogP contribution in [0.1, 0.15) is 5.56 Å². The first-order chi connectivity index (χ1) is 13.3. The summed E-state index contributed by atoms with van der Waals surface area (Å²) in [5, 5.41) is 11.3. The van der Waals surface area contributed by atoms with Crippen molar-refractivity contribution >= 4 is 17.5 Å². The second-order valence-electron chi connectivity index (χ2n) is 6.15. The van der Waals surface area contributed by atoms with Crippen LogP contribution in [0.5, 0.6) is 11.5 Å². The normalized spacial score (nSPS) is 12.5. The highest BCUT2D eigenvalue weighted by Gasteiger charge is 2.13. The van der Waals surface area contributed by atoms with Gasteiger partial charge in [-0.05, 0) is 36.2 Å². The van der Waals surface area contributed by atoms with Crippen molar-refractivity contribution in [3.63, 3.8) is 0 Å². The number of ether oxygens (including phenoxy) is 2. The van der Waals surface area contributed by atoms with Gasteiger partial charge in [0.05, 0.1) is 6.20 Å². The smallest absolute Gasteiger partial charge is 0.249 e. The maximum Gasteiger partial charge on any atom is 0.249 e. The highest BCUT2D eigenvalue weighted by molar-refractivity contribution is 5.60. The highest BCUT2D eigenvalue weighted by Crippen LogP contribution is 2.33. The van der Waals surface area contributed by atoms with E-state index in [0.717, 1.165) is 30.2 Å². The number of nitrogens with zero attached hydrogens (tertiary/aromatic N) is 5. The van der Waals surface area contributed by atoms with Gasteiger partial charge < -0.3 is 19.7 Å². The van der Waals surface area contributed by atoms with Crippen molar-refractivity contribution in [1.82, 2.24) is 20.2 Å². The van der Waals surface area contributed by atoms with Crippen molar-refractivity contribution < 1.29 is 9.47 Å². The third-order valence-electron chi connectivity index (χ3n) is 4.22. The molecule has 1 aliphatic rings. The number of benzene rings is 1. The number of anilines is 3. The van der Waals surface area contributed by atoms with Crippen LogP contribution in [0.15, 0.2) is 48.9 Å². The summed E-state index contributed by atoms with van der Waals surface area (Å²) in [6.45, 7) is 1.93. The van der Waals surface area contributed by atoms with E-state index in [1.54, 1.807) is 18.6 Å². The molecule has 1 N–H and O–H groups in total. The Morgan fingerprint density at radius 2 is 1.89 bits per heavy atom. The maximum absolute atomic E-state index is 5.60. The number of pyridine rings is 1. The molecule has 0 unspecified atom stereocenters. The van der Waals surface area contributed by atoms with Gasteiger partial charge in [0.2, 0.25) is 5.95 Å². The van der Waals surface area contributed by atoms with E-state index in [4.69, 9.17) is 9.47 Å². The molecule has 0 radical (unpaired) electrons. The summed E-state index contributed by atoms with van der Waals surface area (Å²) in [5.41, 5.74) is 2.05. The lowest BCUT2D eigenvalue weighted by atomic mass is 10.2. The molecule has 0 spiro atoms. The molecule has 138 valence electrons. The van der Waals surface area contributed by atoms with Crippen molar-refractivity contribution in [3.8, 4) is 11.5 Å². The summed E-state index contributed by atoms with van der Waals surface area (Å²) in [6.07, 6.45) is 6.16. The largest absolute Gasteiger partial charge is 0.486 e. The van der Waals surface area contributed by atoms with Crippen LogP contribution in [-0.4, -0.2) is 47.0 Å². The molecule has 1 aromatic carbocycles. The number of hydrogen-bond acceptors (Lipinski definition) is 8. The van der Waals surface area contributed by atoms with Crippen molar-refractivity contribution in [2.24, 2.45) is 0 Å². The average molecular weight is 364 g/mol. The predicted molar refractivity (Wildman–Crippen MR) is 102 cm³/mol. The Labute approximate surface area is 157 Å². The Morgan fingerprint density at radius 3 is 2.74 bits per heavy atom. The van der Waals surface area contributed by atoms with Gasteiger partial charge in [-0.1, -0.05) is 0 Å². The number of fused-ring (bicyclic) bond motifs is 1. The van der Waals surface area contributed by atoms with Crippen molar-refractivity contribution in [2.75, 3.05) is 37.0 Å². The van der Waals surface area contributed by atoms with Crippen LogP contribution in [-0.2, 0) is 6.42 Å². The molecule has 0 amide bonds. The van der Waals surface area contributed by atoms with E-state index in [1.807, 2.05) is 42.3 Å². The molecular formula is C19H20N6O2. The van der Waals surface area contributed by atoms with Crippen LogP contribution in [0.2, 0.25) is 0 Å². The van der Waals surface area contributed by atoms with E-state index in [2.05, 4.69) is 25.5 Å². The van der Waals surface area contributed by atoms with Crippen LogP contribution in [0.25, 0.3) is 0 Å². The van der Waals surface area contributed by atoms with Gasteiger partial charge in [-0.15, -0.1) is 5.10 Å². The first kappa shape index (κ1) is 17.0. The van der Waals surface area contributed by atoms with Gasteiger partial charge in [-0.2, -0.15) is 10.1 Å². The molecule has 8 nitrogen and oxygen atoms in total. The van der Waals surface area contributed by atoms with E-state index in [9.17, 15) is 0 Å². The minimum atomic E-state index is 0.430. The minimum absolute atomic E-state index is 0.430. The molecule has 0 saturated carbocycles. The monoisotopic (exact) mass is 364 g/mol. The van der Waals surface area contributed by atoms with E-state index < -0.39 is 0 Å². The second-order valence-corrected chi connectivity index (χ2v) is 6.15. The van der Waals surface area contributed by atoms with E-state index in [-0.39, 0.29) is 0 Å². The zero-order valence-corrected chi connectivity index (χ0v) is 15.0. The summed E-state index contributed by atoms with van der Waals surface area (Å²) >= 11 is 0. The van der Waals surface area contributed by atoms with Gasteiger partial charge in [-0.3, -0.25) is 4.98 Å². The minimum Gasteiger partial charge on any atom is -0.486 e. The van der Waals surface area contributed by atoms with Crippen LogP contribution < -0.4 is 19.7 Å². The number of rotatable bonds is 6. The lowest BCUT2D eigenvalue weighted by Crippen LogP contribution is -2.22. The summed E-state index contributed by atoms with van der Waals surface area (Å²) in [7, 11) is 1.99. The number of aromatic nitrogens is 4. The molecule has 3 heterocycles. The first-order valence-corrected chi connectivity index (χ1v) is 8.74. The Balaban J connectivity index is 1.42. The Bertz CT molecular complexity index is 906. The zero-order valence-electron chi connectivity index (χ0n) is 15.0. The Hall–Kier alpha value is -3.42.